The maximum absolute atomic E-state index is 14.2. The van der Waals surface area contributed by atoms with Gasteiger partial charge in [0.05, 0.1) is 11.6 Å². The minimum absolute atomic E-state index is 0.135. The van der Waals surface area contributed by atoms with E-state index in [2.05, 4.69) is 21.6 Å². The Bertz CT molecular complexity index is 1040. The van der Waals surface area contributed by atoms with Crippen molar-refractivity contribution in [3.63, 3.8) is 0 Å². The molecule has 0 aliphatic heterocycles. The molecule has 0 saturated heterocycles. The van der Waals surface area contributed by atoms with Crippen molar-refractivity contribution in [1.82, 2.24) is 14.9 Å². The van der Waals surface area contributed by atoms with Crippen LogP contribution in [0.5, 0.6) is 0 Å². The van der Waals surface area contributed by atoms with E-state index in [4.69, 9.17) is 17.4 Å². The third kappa shape index (κ3) is 7.23. The van der Waals surface area contributed by atoms with Gasteiger partial charge in [-0.15, -0.1) is 0 Å². The molecule has 9 heteroatoms. The second-order valence-electron chi connectivity index (χ2n) is 7.80. The van der Waals surface area contributed by atoms with Crippen LogP contribution >= 0.6 is 0 Å². The Labute approximate surface area is 193 Å². The number of nitrogens with two attached hydrogens (primary N) is 3. The number of aromatic nitrogens is 1. The van der Waals surface area contributed by atoms with Crippen LogP contribution in [-0.2, 0) is 6.54 Å². The van der Waals surface area contributed by atoms with E-state index in [0.29, 0.717) is 5.56 Å². The third-order valence-corrected chi connectivity index (χ3v) is 4.86. The second-order valence-corrected chi connectivity index (χ2v) is 7.80. The van der Waals surface area contributed by atoms with Gasteiger partial charge >= 0.3 is 0 Å². The maximum atomic E-state index is 14.2. The molecule has 2 rings (SSSR count). The lowest BCUT2D eigenvalue weighted by molar-refractivity contribution is 0.386. The number of hydrazine groups is 1. The molecule has 0 radical (unpaired) electrons. The van der Waals surface area contributed by atoms with Gasteiger partial charge in [-0.25, -0.2) is 19.6 Å². The molecule has 0 aliphatic rings. The quantitative estimate of drug-likeness (QED) is 0.174. The van der Waals surface area contributed by atoms with Gasteiger partial charge in [0, 0.05) is 24.7 Å². The minimum atomic E-state index is -0.652. The fourth-order valence-corrected chi connectivity index (χ4v) is 3.14. The highest BCUT2D eigenvalue weighted by Gasteiger charge is 2.20. The smallest absolute Gasteiger partial charge is 0.173 e. The monoisotopic (exact) mass is 455 g/mol. The number of pyridine rings is 1. The van der Waals surface area contributed by atoms with Gasteiger partial charge in [0.1, 0.15) is 17.5 Å². The summed E-state index contributed by atoms with van der Waals surface area (Å²) >= 11 is 0. The van der Waals surface area contributed by atoms with E-state index in [0.717, 1.165) is 29.8 Å². The molecule has 176 valence electrons. The predicted molar refractivity (Wildman–Crippen MR) is 131 cm³/mol. The topological polar surface area (TPSA) is 110 Å². The molecular weight excluding hydrogens is 424 g/mol. The van der Waals surface area contributed by atoms with Crippen LogP contribution in [0.3, 0.4) is 0 Å². The van der Waals surface area contributed by atoms with E-state index in [1.54, 1.807) is 19.2 Å². The number of allylic oxidation sites excluding steroid dienone is 4. The zero-order valence-corrected chi connectivity index (χ0v) is 19.2. The van der Waals surface area contributed by atoms with Gasteiger partial charge in [-0.3, -0.25) is 5.01 Å². The van der Waals surface area contributed by atoms with Crippen LogP contribution in [-0.4, -0.2) is 40.9 Å². The van der Waals surface area contributed by atoms with Gasteiger partial charge in [0.15, 0.2) is 5.84 Å². The molecule has 1 aromatic heterocycles. The van der Waals surface area contributed by atoms with Crippen molar-refractivity contribution in [2.45, 2.75) is 25.9 Å². The minimum Gasteiger partial charge on any atom is -0.383 e. The van der Waals surface area contributed by atoms with Crippen LogP contribution < -0.4 is 17.4 Å². The van der Waals surface area contributed by atoms with Crippen molar-refractivity contribution in [3.05, 3.63) is 84.1 Å². The van der Waals surface area contributed by atoms with Gasteiger partial charge in [0.2, 0.25) is 0 Å². The van der Waals surface area contributed by atoms with Crippen LogP contribution in [0.25, 0.3) is 11.1 Å². The number of benzene rings is 1. The summed E-state index contributed by atoms with van der Waals surface area (Å²) in [6.07, 6.45) is 4.75. The lowest BCUT2D eigenvalue weighted by Gasteiger charge is -2.25. The Hall–Kier alpha value is -3.56. The fraction of sp³-hybridized carbons (Fsp3) is 0.250. The molecule has 1 unspecified atom stereocenters. The van der Waals surface area contributed by atoms with Gasteiger partial charge in [0.25, 0.3) is 0 Å². The Balaban J connectivity index is 2.29. The zero-order chi connectivity index (χ0) is 24.5. The standard InChI is InChI=1S/C24H31F2N7/c1-5-20(25)10-11-21(26)12-16(2)33(29)24(31-28)22-13-19(14-30-23(22)27)18-8-6-17(7-9-18)15-32(3)4/h5-10,12-14,16H,1,11,15,28-29H2,2-4H3,(H2,27,30)/b20-10+,21-12+,31-24-. The lowest BCUT2D eigenvalue weighted by atomic mass is 10.0. The summed E-state index contributed by atoms with van der Waals surface area (Å²) in [4.78, 5) is 6.34. The van der Waals surface area contributed by atoms with Crippen molar-refractivity contribution in [2.75, 3.05) is 19.8 Å². The largest absolute Gasteiger partial charge is 0.383 e. The summed E-state index contributed by atoms with van der Waals surface area (Å²) in [6, 6.07) is 9.19. The number of nitrogen functional groups attached to an aromatic ring is 1. The number of anilines is 1. The molecule has 0 amide bonds. The molecule has 1 atom stereocenters. The van der Waals surface area contributed by atoms with Crippen LogP contribution in [0.2, 0.25) is 0 Å². The summed E-state index contributed by atoms with van der Waals surface area (Å²) in [5.74, 6) is 10.9. The summed E-state index contributed by atoms with van der Waals surface area (Å²) in [5, 5.41) is 4.96. The molecule has 0 fully saturated rings. The number of halogens is 2. The second kappa shape index (κ2) is 11.9. The van der Waals surface area contributed by atoms with E-state index in [9.17, 15) is 8.78 Å². The van der Waals surface area contributed by atoms with E-state index < -0.39 is 17.7 Å². The number of nitrogens with zero attached hydrogens (tertiary/aromatic N) is 4. The Morgan fingerprint density at radius 2 is 1.88 bits per heavy atom. The molecule has 33 heavy (non-hydrogen) atoms. The van der Waals surface area contributed by atoms with Crippen molar-refractivity contribution in [1.29, 1.82) is 0 Å². The molecule has 0 spiro atoms. The summed E-state index contributed by atoms with van der Waals surface area (Å²) in [5.41, 5.74) is 9.39. The highest BCUT2D eigenvalue weighted by molar-refractivity contribution is 6.03. The fourth-order valence-electron chi connectivity index (χ4n) is 3.14. The molecule has 7 nitrogen and oxygen atoms in total. The molecular formula is C24H31F2N7. The van der Waals surface area contributed by atoms with Crippen LogP contribution in [0.4, 0.5) is 14.6 Å². The highest BCUT2D eigenvalue weighted by atomic mass is 19.1. The number of hydrazone groups is 1. The summed E-state index contributed by atoms with van der Waals surface area (Å²) < 4.78 is 27.3. The van der Waals surface area contributed by atoms with Crippen LogP contribution in [0, 0.1) is 0 Å². The average molecular weight is 456 g/mol. The van der Waals surface area contributed by atoms with Gasteiger partial charge in [-0.05, 0) is 56.4 Å². The average Bonchev–Trinajstić information content (AvgIpc) is 2.79. The first-order valence-electron chi connectivity index (χ1n) is 10.3. The number of hydrogen-bond donors (Lipinski definition) is 3. The van der Waals surface area contributed by atoms with Gasteiger partial charge in [-0.1, -0.05) is 30.8 Å². The third-order valence-electron chi connectivity index (χ3n) is 4.86. The van der Waals surface area contributed by atoms with E-state index in [1.807, 2.05) is 38.4 Å². The number of rotatable bonds is 9. The van der Waals surface area contributed by atoms with Crippen LogP contribution in [0.1, 0.15) is 24.5 Å². The first-order chi connectivity index (χ1) is 15.7. The Morgan fingerprint density at radius 1 is 1.21 bits per heavy atom. The zero-order valence-electron chi connectivity index (χ0n) is 19.2. The van der Waals surface area contributed by atoms with Crippen molar-refractivity contribution < 1.29 is 8.78 Å². The SMILES string of the molecule is C=C/C(F)=C\C/C(F)=C\C(C)N(N)/C(=N\N)c1cc(-c2ccc(CN(C)C)cc2)cnc1N. The van der Waals surface area contributed by atoms with Crippen molar-refractivity contribution >= 4 is 11.7 Å². The Morgan fingerprint density at radius 3 is 2.45 bits per heavy atom. The van der Waals surface area contributed by atoms with Crippen molar-refractivity contribution in [2.24, 2.45) is 16.8 Å². The number of amidine groups is 1. The van der Waals surface area contributed by atoms with Gasteiger partial charge < -0.3 is 16.5 Å². The number of hydrogen-bond acceptors (Lipinski definition) is 6. The first-order valence-corrected chi connectivity index (χ1v) is 10.3. The summed E-state index contributed by atoms with van der Waals surface area (Å²) in [7, 11) is 4.02. The van der Waals surface area contributed by atoms with E-state index >= 15 is 0 Å². The molecule has 0 bridgehead atoms. The van der Waals surface area contributed by atoms with Crippen LogP contribution in [0.15, 0.2) is 78.1 Å². The first kappa shape index (κ1) is 25.7. The molecule has 2 aromatic rings. The molecule has 6 N–H and O–H groups in total. The van der Waals surface area contributed by atoms with Crippen molar-refractivity contribution in [3.8, 4) is 11.1 Å². The summed E-state index contributed by atoms with van der Waals surface area (Å²) in [6.45, 7) is 5.76. The maximum Gasteiger partial charge on any atom is 0.173 e. The molecule has 0 aliphatic carbocycles. The van der Waals surface area contributed by atoms with E-state index in [1.165, 1.54) is 16.6 Å². The molecule has 1 aromatic carbocycles. The van der Waals surface area contributed by atoms with E-state index in [-0.39, 0.29) is 18.1 Å². The lowest BCUT2D eigenvalue weighted by Crippen LogP contribution is -2.44. The predicted octanol–water partition coefficient (Wildman–Crippen LogP) is 3.86. The normalized spacial score (nSPS) is 13.8. The highest BCUT2D eigenvalue weighted by Crippen LogP contribution is 2.24. The van der Waals surface area contributed by atoms with Gasteiger partial charge in [-0.2, -0.15) is 5.10 Å². The molecule has 1 heterocycles. The molecule has 0 saturated carbocycles. The Kier molecular flexibility index (Phi) is 9.26.